The Bertz CT molecular complexity index is 613. The van der Waals surface area contributed by atoms with Gasteiger partial charge < -0.3 is 14.4 Å². The molecule has 122 valence electrons. The van der Waals surface area contributed by atoms with Gasteiger partial charge in [0.15, 0.2) is 18.1 Å². The predicted octanol–water partition coefficient (Wildman–Crippen LogP) is 3.17. The fourth-order valence-corrected chi connectivity index (χ4v) is 2.34. The van der Waals surface area contributed by atoms with Crippen LogP contribution in [-0.2, 0) is 11.2 Å². The molecule has 0 aliphatic rings. The number of amides is 1. The summed E-state index contributed by atoms with van der Waals surface area (Å²) in [6.45, 7) is 3.35. The fourth-order valence-electron chi connectivity index (χ4n) is 2.34. The van der Waals surface area contributed by atoms with E-state index < -0.39 is 0 Å². The maximum Gasteiger partial charge on any atom is 0.260 e. The number of methoxy groups -OCH3 is 1. The zero-order valence-corrected chi connectivity index (χ0v) is 13.7. The monoisotopic (exact) mass is 313 g/mol. The van der Waals surface area contributed by atoms with Crippen LogP contribution >= 0.6 is 0 Å². The van der Waals surface area contributed by atoms with E-state index in [4.69, 9.17) is 9.47 Å². The highest BCUT2D eigenvalue weighted by atomic mass is 16.5. The maximum absolute atomic E-state index is 12.3. The first-order valence-electron chi connectivity index (χ1n) is 7.82. The average molecular weight is 313 g/mol. The summed E-state index contributed by atoms with van der Waals surface area (Å²) in [5.41, 5.74) is 1.23. The summed E-state index contributed by atoms with van der Waals surface area (Å²) >= 11 is 0. The lowest BCUT2D eigenvalue weighted by molar-refractivity contribution is -0.133. The zero-order chi connectivity index (χ0) is 16.5. The van der Waals surface area contributed by atoms with Gasteiger partial charge in [0, 0.05) is 13.1 Å². The summed E-state index contributed by atoms with van der Waals surface area (Å²) in [7, 11) is 1.59. The lowest BCUT2D eigenvalue weighted by Crippen LogP contribution is -2.36. The van der Waals surface area contributed by atoms with E-state index in [1.165, 1.54) is 5.56 Å². The number of benzene rings is 2. The van der Waals surface area contributed by atoms with E-state index in [2.05, 4.69) is 12.1 Å². The number of carbonyl (C=O) groups is 1. The van der Waals surface area contributed by atoms with Gasteiger partial charge in [-0.25, -0.2) is 0 Å². The Labute approximate surface area is 137 Å². The van der Waals surface area contributed by atoms with Crippen molar-refractivity contribution in [3.05, 3.63) is 60.2 Å². The SMILES string of the molecule is CCN(CCc1ccccc1)C(=O)COc1ccccc1OC. The first kappa shape index (κ1) is 16.9. The Hall–Kier alpha value is -2.49. The van der Waals surface area contributed by atoms with E-state index in [1.54, 1.807) is 13.2 Å². The molecule has 0 spiro atoms. The van der Waals surface area contributed by atoms with E-state index in [0.717, 1.165) is 6.42 Å². The molecule has 0 saturated heterocycles. The molecule has 4 nitrogen and oxygen atoms in total. The van der Waals surface area contributed by atoms with Crippen LogP contribution in [0.5, 0.6) is 11.5 Å². The number of hydrogen-bond donors (Lipinski definition) is 0. The third-order valence-corrected chi connectivity index (χ3v) is 3.67. The number of carbonyl (C=O) groups excluding carboxylic acids is 1. The summed E-state index contributed by atoms with van der Waals surface area (Å²) < 4.78 is 10.8. The van der Waals surface area contributed by atoms with Crippen molar-refractivity contribution in [2.75, 3.05) is 26.8 Å². The van der Waals surface area contributed by atoms with Crippen LogP contribution in [-0.4, -0.2) is 37.6 Å². The van der Waals surface area contributed by atoms with Gasteiger partial charge in [-0.15, -0.1) is 0 Å². The van der Waals surface area contributed by atoms with Crippen molar-refractivity contribution in [1.29, 1.82) is 0 Å². The first-order chi connectivity index (χ1) is 11.2. The minimum atomic E-state index is -0.0191. The summed E-state index contributed by atoms with van der Waals surface area (Å²) in [5, 5.41) is 0. The van der Waals surface area contributed by atoms with Gasteiger partial charge in [0.1, 0.15) is 0 Å². The van der Waals surface area contributed by atoms with Crippen LogP contribution in [0.2, 0.25) is 0 Å². The topological polar surface area (TPSA) is 38.8 Å². The molecule has 0 N–H and O–H groups in total. The van der Waals surface area contributed by atoms with Crippen LogP contribution in [0.15, 0.2) is 54.6 Å². The van der Waals surface area contributed by atoms with Crippen LogP contribution < -0.4 is 9.47 Å². The Kier molecular flexibility index (Phi) is 6.48. The van der Waals surface area contributed by atoms with Crippen LogP contribution in [0.3, 0.4) is 0 Å². The van der Waals surface area contributed by atoms with Crippen molar-refractivity contribution in [1.82, 2.24) is 4.90 Å². The van der Waals surface area contributed by atoms with Gasteiger partial charge in [-0.05, 0) is 31.0 Å². The molecule has 2 rings (SSSR count). The predicted molar refractivity (Wildman–Crippen MR) is 90.9 cm³/mol. The van der Waals surface area contributed by atoms with Crippen molar-refractivity contribution < 1.29 is 14.3 Å². The second kappa shape index (κ2) is 8.83. The van der Waals surface area contributed by atoms with Crippen LogP contribution in [0.4, 0.5) is 0 Å². The molecule has 4 heteroatoms. The largest absolute Gasteiger partial charge is 0.493 e. The van der Waals surface area contributed by atoms with E-state index in [1.807, 2.05) is 48.2 Å². The molecule has 2 aromatic rings. The summed E-state index contributed by atoms with van der Waals surface area (Å²) in [4.78, 5) is 14.1. The van der Waals surface area contributed by atoms with Crippen LogP contribution in [0.25, 0.3) is 0 Å². The van der Waals surface area contributed by atoms with Crippen molar-refractivity contribution >= 4 is 5.91 Å². The Balaban J connectivity index is 1.87. The molecule has 0 aliphatic heterocycles. The van der Waals surface area contributed by atoms with E-state index in [-0.39, 0.29) is 12.5 Å². The number of rotatable bonds is 8. The fraction of sp³-hybridized carbons (Fsp3) is 0.316. The lowest BCUT2D eigenvalue weighted by atomic mass is 10.1. The summed E-state index contributed by atoms with van der Waals surface area (Å²) in [6.07, 6.45) is 0.842. The quantitative estimate of drug-likeness (QED) is 0.751. The normalized spacial score (nSPS) is 10.2. The molecule has 23 heavy (non-hydrogen) atoms. The number of para-hydroxylation sites is 2. The number of likely N-dealkylation sites (N-methyl/N-ethyl adjacent to an activating group) is 1. The van der Waals surface area contributed by atoms with Crippen LogP contribution in [0, 0.1) is 0 Å². The van der Waals surface area contributed by atoms with E-state index >= 15 is 0 Å². The van der Waals surface area contributed by atoms with Crippen LogP contribution in [0.1, 0.15) is 12.5 Å². The summed E-state index contributed by atoms with van der Waals surface area (Å²) in [5.74, 6) is 1.20. The smallest absolute Gasteiger partial charge is 0.260 e. The van der Waals surface area contributed by atoms with Crippen molar-refractivity contribution in [2.24, 2.45) is 0 Å². The highest BCUT2D eigenvalue weighted by Crippen LogP contribution is 2.25. The Morgan fingerprint density at radius 1 is 1.00 bits per heavy atom. The molecule has 0 heterocycles. The minimum Gasteiger partial charge on any atom is -0.493 e. The molecule has 1 amide bonds. The summed E-state index contributed by atoms with van der Waals surface area (Å²) in [6, 6.07) is 17.5. The van der Waals surface area contributed by atoms with Gasteiger partial charge in [0.05, 0.1) is 7.11 Å². The molecule has 0 aliphatic carbocycles. The second-order valence-corrected chi connectivity index (χ2v) is 5.15. The highest BCUT2D eigenvalue weighted by molar-refractivity contribution is 5.77. The first-order valence-corrected chi connectivity index (χ1v) is 7.82. The number of ether oxygens (including phenoxy) is 2. The van der Waals surface area contributed by atoms with Crippen molar-refractivity contribution in [2.45, 2.75) is 13.3 Å². The molecule has 0 fully saturated rings. The van der Waals surface area contributed by atoms with E-state index in [0.29, 0.717) is 24.6 Å². The molecule has 0 unspecified atom stereocenters. The van der Waals surface area contributed by atoms with Crippen molar-refractivity contribution in [3.8, 4) is 11.5 Å². The molecule has 2 aromatic carbocycles. The minimum absolute atomic E-state index is 0.0169. The lowest BCUT2D eigenvalue weighted by Gasteiger charge is -2.21. The Morgan fingerprint density at radius 2 is 1.65 bits per heavy atom. The van der Waals surface area contributed by atoms with Gasteiger partial charge >= 0.3 is 0 Å². The molecule has 0 radical (unpaired) electrons. The number of hydrogen-bond acceptors (Lipinski definition) is 3. The molecule has 0 aromatic heterocycles. The molecule has 0 saturated carbocycles. The average Bonchev–Trinajstić information content (AvgIpc) is 2.61. The zero-order valence-electron chi connectivity index (χ0n) is 13.7. The highest BCUT2D eigenvalue weighted by Gasteiger charge is 2.13. The maximum atomic E-state index is 12.3. The Morgan fingerprint density at radius 3 is 2.30 bits per heavy atom. The van der Waals surface area contributed by atoms with Gasteiger partial charge in [0.2, 0.25) is 0 Å². The molecular weight excluding hydrogens is 290 g/mol. The van der Waals surface area contributed by atoms with E-state index in [9.17, 15) is 4.79 Å². The third kappa shape index (κ3) is 5.02. The third-order valence-electron chi connectivity index (χ3n) is 3.67. The van der Waals surface area contributed by atoms with Gasteiger partial charge in [-0.2, -0.15) is 0 Å². The van der Waals surface area contributed by atoms with Gasteiger partial charge in [-0.1, -0.05) is 42.5 Å². The molecule has 0 atom stereocenters. The molecular formula is C19H23NO3. The standard InChI is InChI=1S/C19H23NO3/c1-3-20(14-13-16-9-5-4-6-10-16)19(21)15-23-18-12-8-7-11-17(18)22-2/h4-12H,3,13-15H2,1-2H3. The molecule has 0 bridgehead atoms. The van der Waals surface area contributed by atoms with Gasteiger partial charge in [0.25, 0.3) is 5.91 Å². The number of nitrogens with zero attached hydrogens (tertiary/aromatic N) is 1. The second-order valence-electron chi connectivity index (χ2n) is 5.15. The van der Waals surface area contributed by atoms with Crippen molar-refractivity contribution in [3.63, 3.8) is 0 Å². The van der Waals surface area contributed by atoms with Gasteiger partial charge in [-0.3, -0.25) is 4.79 Å².